The van der Waals surface area contributed by atoms with Crippen molar-refractivity contribution in [2.75, 3.05) is 21.7 Å². The number of nitrogens with one attached hydrogen (secondary N) is 3. The Bertz CT molecular complexity index is 1490. The van der Waals surface area contributed by atoms with Crippen LogP contribution in [0, 0.1) is 6.92 Å². The largest absolute Gasteiger partial charge is 0.397 e. The predicted octanol–water partition coefficient (Wildman–Crippen LogP) is 5.75. The first-order chi connectivity index (χ1) is 16.9. The number of carbonyl (C=O) groups is 2. The van der Waals surface area contributed by atoms with Crippen molar-refractivity contribution in [3.05, 3.63) is 93.9 Å². The molecule has 174 valence electrons. The standard InChI is InChI=1S/C27H23N5O2S/c1-15(25-20-13-18(24-14-35-16(2)30-24)9-12-22(20)31-27(25)34)29-19-10-7-17(8-11-19)26(33)32-23-6-4-3-5-21(23)28/h3-14,29H,28H2,1-2H3,(H,31,34)(H,32,33). The lowest BCUT2D eigenvalue weighted by Crippen LogP contribution is -2.13. The summed E-state index contributed by atoms with van der Waals surface area (Å²) >= 11 is 1.59. The Morgan fingerprint density at radius 2 is 1.80 bits per heavy atom. The average Bonchev–Trinajstić information content (AvgIpc) is 3.42. The van der Waals surface area contributed by atoms with Crippen LogP contribution in [0.4, 0.5) is 22.7 Å². The summed E-state index contributed by atoms with van der Waals surface area (Å²) in [6, 6.07) is 20.0. The Labute approximate surface area is 206 Å². The van der Waals surface area contributed by atoms with Crippen molar-refractivity contribution in [3.63, 3.8) is 0 Å². The summed E-state index contributed by atoms with van der Waals surface area (Å²) in [4.78, 5) is 29.9. The normalized spacial score (nSPS) is 13.7. The van der Waals surface area contributed by atoms with Crippen LogP contribution in [0.3, 0.4) is 0 Å². The maximum absolute atomic E-state index is 12.8. The first-order valence-corrected chi connectivity index (χ1v) is 11.9. The molecular weight excluding hydrogens is 458 g/mol. The fourth-order valence-corrected chi connectivity index (χ4v) is 4.61. The maximum Gasteiger partial charge on any atom is 0.258 e. The highest BCUT2D eigenvalue weighted by Gasteiger charge is 2.27. The highest BCUT2D eigenvalue weighted by molar-refractivity contribution is 7.09. The van der Waals surface area contributed by atoms with Crippen LogP contribution in [0.1, 0.15) is 27.9 Å². The molecule has 2 heterocycles. The third-order valence-corrected chi connectivity index (χ3v) is 6.52. The van der Waals surface area contributed by atoms with E-state index in [1.54, 1.807) is 47.7 Å². The third kappa shape index (κ3) is 4.51. The molecule has 3 aromatic carbocycles. The van der Waals surface area contributed by atoms with Gasteiger partial charge < -0.3 is 21.7 Å². The molecule has 0 aliphatic carbocycles. The molecule has 1 aliphatic rings. The van der Waals surface area contributed by atoms with E-state index in [2.05, 4.69) is 20.9 Å². The number of rotatable bonds is 5. The molecule has 7 nitrogen and oxygen atoms in total. The van der Waals surface area contributed by atoms with Crippen molar-refractivity contribution in [2.45, 2.75) is 13.8 Å². The van der Waals surface area contributed by atoms with E-state index in [0.717, 1.165) is 33.2 Å². The van der Waals surface area contributed by atoms with Gasteiger partial charge in [0.05, 0.1) is 27.6 Å². The molecule has 8 heteroatoms. The van der Waals surface area contributed by atoms with Crippen molar-refractivity contribution < 1.29 is 9.59 Å². The van der Waals surface area contributed by atoms with Gasteiger partial charge in [-0.1, -0.05) is 18.2 Å². The number of hydrogen-bond acceptors (Lipinski definition) is 6. The van der Waals surface area contributed by atoms with Gasteiger partial charge in [0.15, 0.2) is 0 Å². The first kappa shape index (κ1) is 22.4. The number of hydrogen-bond donors (Lipinski definition) is 4. The molecule has 2 amide bonds. The van der Waals surface area contributed by atoms with Gasteiger partial charge in [0, 0.05) is 39.1 Å². The van der Waals surface area contributed by atoms with Crippen LogP contribution < -0.4 is 21.7 Å². The zero-order chi connectivity index (χ0) is 24.5. The molecule has 0 radical (unpaired) electrons. The highest BCUT2D eigenvalue weighted by Crippen LogP contribution is 2.37. The number of nitrogens with zero attached hydrogens (tertiary/aromatic N) is 1. The number of carbonyl (C=O) groups excluding carboxylic acids is 2. The Balaban J connectivity index is 1.37. The molecule has 4 aromatic rings. The molecule has 0 saturated carbocycles. The second kappa shape index (κ2) is 9.08. The summed E-state index contributed by atoms with van der Waals surface area (Å²) in [6.07, 6.45) is 0. The number of anilines is 4. The molecule has 35 heavy (non-hydrogen) atoms. The summed E-state index contributed by atoms with van der Waals surface area (Å²) in [6.45, 7) is 3.83. The number of aryl methyl sites for hydroxylation is 1. The van der Waals surface area contributed by atoms with Gasteiger partial charge in [-0.05, 0) is 62.4 Å². The zero-order valence-corrected chi connectivity index (χ0v) is 20.0. The number of nitrogen functional groups attached to an aromatic ring is 1. The van der Waals surface area contributed by atoms with Gasteiger partial charge in [-0.3, -0.25) is 9.59 Å². The van der Waals surface area contributed by atoms with E-state index in [-0.39, 0.29) is 11.8 Å². The number of fused-ring (bicyclic) bond motifs is 1. The fourth-order valence-electron chi connectivity index (χ4n) is 3.98. The average molecular weight is 482 g/mol. The lowest BCUT2D eigenvalue weighted by Gasteiger charge is -2.11. The van der Waals surface area contributed by atoms with E-state index >= 15 is 0 Å². The van der Waals surface area contributed by atoms with Gasteiger partial charge in [0.2, 0.25) is 0 Å². The first-order valence-electron chi connectivity index (χ1n) is 11.0. The number of aromatic nitrogens is 1. The molecule has 0 atom stereocenters. The van der Waals surface area contributed by atoms with Gasteiger partial charge in [-0.15, -0.1) is 11.3 Å². The summed E-state index contributed by atoms with van der Waals surface area (Å²) in [5, 5.41) is 12.1. The van der Waals surface area contributed by atoms with E-state index in [0.29, 0.717) is 28.2 Å². The van der Waals surface area contributed by atoms with E-state index < -0.39 is 0 Å². The van der Waals surface area contributed by atoms with Crippen molar-refractivity contribution in [1.29, 1.82) is 0 Å². The predicted molar refractivity (Wildman–Crippen MR) is 142 cm³/mol. The van der Waals surface area contributed by atoms with Gasteiger partial charge in [0.25, 0.3) is 11.8 Å². The van der Waals surface area contributed by atoms with Gasteiger partial charge in [0.1, 0.15) is 0 Å². The Morgan fingerprint density at radius 1 is 1.03 bits per heavy atom. The lowest BCUT2D eigenvalue weighted by atomic mass is 10.0. The molecule has 0 unspecified atom stereocenters. The molecule has 1 aliphatic heterocycles. The van der Waals surface area contributed by atoms with Crippen LogP contribution >= 0.6 is 11.3 Å². The summed E-state index contributed by atoms with van der Waals surface area (Å²) < 4.78 is 0. The van der Waals surface area contributed by atoms with E-state index in [9.17, 15) is 9.59 Å². The molecule has 1 aromatic heterocycles. The van der Waals surface area contributed by atoms with E-state index in [4.69, 9.17) is 5.73 Å². The fraction of sp³-hybridized carbons (Fsp3) is 0.0741. The second-order valence-electron chi connectivity index (χ2n) is 8.21. The molecule has 5 N–H and O–H groups in total. The second-order valence-corrected chi connectivity index (χ2v) is 9.27. The number of allylic oxidation sites excluding steroid dienone is 1. The summed E-state index contributed by atoms with van der Waals surface area (Å²) in [7, 11) is 0. The highest BCUT2D eigenvalue weighted by atomic mass is 32.1. The third-order valence-electron chi connectivity index (χ3n) is 5.74. The van der Waals surface area contributed by atoms with Crippen LogP contribution in [-0.4, -0.2) is 16.8 Å². The van der Waals surface area contributed by atoms with Crippen LogP contribution in [0.15, 0.2) is 77.8 Å². The molecular formula is C27H23N5O2S. The topological polar surface area (TPSA) is 109 Å². The zero-order valence-electron chi connectivity index (χ0n) is 19.2. The SMILES string of the molecule is CC(Nc1ccc(C(=O)Nc2ccccc2N)cc1)=C1C(=O)Nc2ccc(-c3csc(C)n3)cc21. The minimum atomic E-state index is -0.251. The van der Waals surface area contributed by atoms with Gasteiger partial charge in [-0.25, -0.2) is 4.98 Å². The number of thiazole rings is 1. The Morgan fingerprint density at radius 3 is 2.51 bits per heavy atom. The van der Waals surface area contributed by atoms with Crippen LogP contribution in [0.5, 0.6) is 0 Å². The number of benzene rings is 3. The molecule has 0 saturated heterocycles. The summed E-state index contributed by atoms with van der Waals surface area (Å²) in [5.41, 5.74) is 13.0. The van der Waals surface area contributed by atoms with Crippen molar-refractivity contribution >= 4 is 51.5 Å². The van der Waals surface area contributed by atoms with Gasteiger partial charge >= 0.3 is 0 Å². The molecule has 0 fully saturated rings. The molecule has 0 spiro atoms. The minimum Gasteiger partial charge on any atom is -0.397 e. The molecule has 5 rings (SSSR count). The van der Waals surface area contributed by atoms with Crippen LogP contribution in [-0.2, 0) is 4.79 Å². The summed E-state index contributed by atoms with van der Waals surface area (Å²) in [5.74, 6) is -0.411. The quantitative estimate of drug-likeness (QED) is 0.214. The van der Waals surface area contributed by atoms with Crippen molar-refractivity contribution in [3.8, 4) is 11.3 Å². The van der Waals surface area contributed by atoms with Crippen molar-refractivity contribution in [1.82, 2.24) is 4.98 Å². The molecule has 0 bridgehead atoms. The monoisotopic (exact) mass is 481 g/mol. The maximum atomic E-state index is 12.8. The number of nitrogens with two attached hydrogens (primary N) is 1. The van der Waals surface area contributed by atoms with Crippen molar-refractivity contribution in [2.24, 2.45) is 0 Å². The Kier molecular flexibility index (Phi) is 5.80. The van der Waals surface area contributed by atoms with Gasteiger partial charge in [-0.2, -0.15) is 0 Å². The van der Waals surface area contributed by atoms with E-state index in [1.165, 1.54) is 0 Å². The number of amides is 2. The number of para-hydroxylation sites is 2. The van der Waals surface area contributed by atoms with Crippen LogP contribution in [0.25, 0.3) is 16.8 Å². The smallest absolute Gasteiger partial charge is 0.258 e. The lowest BCUT2D eigenvalue weighted by molar-refractivity contribution is -0.110. The Hall–Kier alpha value is -4.43. The van der Waals surface area contributed by atoms with Crippen LogP contribution in [0.2, 0.25) is 0 Å². The van der Waals surface area contributed by atoms with E-state index in [1.807, 2.05) is 49.6 Å². The minimum absolute atomic E-state index is 0.159.